The van der Waals surface area contributed by atoms with Crippen LogP contribution in [0.15, 0.2) is 0 Å². The zero-order valence-corrected chi connectivity index (χ0v) is 7.05. The Kier molecular flexibility index (Phi) is 2.18. The first-order valence-electron chi connectivity index (χ1n) is 4.12. The molecule has 0 aromatic carbocycles. The lowest BCUT2D eigenvalue weighted by molar-refractivity contribution is -0.140. The molecule has 1 unspecified atom stereocenters. The first-order chi connectivity index (χ1) is 5.10. The van der Waals surface area contributed by atoms with Crippen LogP contribution in [0, 0.1) is 0 Å². The van der Waals surface area contributed by atoms with Crippen LogP contribution in [0.3, 0.4) is 0 Å². The Morgan fingerprint density at radius 1 is 1.73 bits per heavy atom. The van der Waals surface area contributed by atoms with Crippen LogP contribution in [0.25, 0.3) is 0 Å². The minimum absolute atomic E-state index is 0.314. The molecule has 11 heavy (non-hydrogen) atoms. The van der Waals surface area contributed by atoms with E-state index in [1.165, 1.54) is 0 Å². The summed E-state index contributed by atoms with van der Waals surface area (Å²) in [6.45, 7) is 4.07. The Morgan fingerprint density at radius 2 is 2.27 bits per heavy atom. The molecule has 0 saturated heterocycles. The number of rotatable bonds is 4. The fourth-order valence-electron chi connectivity index (χ4n) is 1.12. The molecule has 1 fully saturated rings. The fraction of sp³-hybridized carbons (Fsp3) is 0.875. The Hall–Kier alpha value is -0.570. The van der Waals surface area contributed by atoms with E-state index in [1.807, 2.05) is 6.92 Å². The maximum absolute atomic E-state index is 10.7. The predicted octanol–water partition coefficient (Wildman–Crippen LogP) is 0.992. The number of aliphatic carboxylic acids is 1. The number of carboxylic acid groups (broad SMARTS) is 1. The lowest BCUT2D eigenvalue weighted by atomic mass is 10.2. The third-order valence-corrected chi connectivity index (χ3v) is 2.29. The number of carboxylic acids is 1. The van der Waals surface area contributed by atoms with Crippen LogP contribution in [0.1, 0.15) is 33.1 Å². The molecule has 64 valence electrons. The van der Waals surface area contributed by atoms with Gasteiger partial charge in [0.25, 0.3) is 0 Å². The van der Waals surface area contributed by atoms with E-state index < -0.39 is 11.5 Å². The molecular formula is C8H15NO2. The summed E-state index contributed by atoms with van der Waals surface area (Å²) in [5.74, 6) is -0.696. The van der Waals surface area contributed by atoms with Crippen molar-refractivity contribution in [1.29, 1.82) is 0 Å². The van der Waals surface area contributed by atoms with Crippen LogP contribution in [-0.4, -0.2) is 22.7 Å². The van der Waals surface area contributed by atoms with Gasteiger partial charge in [-0.2, -0.15) is 0 Å². The maximum Gasteiger partial charge on any atom is 0.323 e. The van der Waals surface area contributed by atoms with Gasteiger partial charge < -0.3 is 5.11 Å². The van der Waals surface area contributed by atoms with Gasteiger partial charge in [0.15, 0.2) is 0 Å². The van der Waals surface area contributed by atoms with Crippen molar-refractivity contribution >= 4 is 5.97 Å². The van der Waals surface area contributed by atoms with Crippen molar-refractivity contribution in [3.63, 3.8) is 0 Å². The van der Waals surface area contributed by atoms with Crippen LogP contribution < -0.4 is 5.32 Å². The molecule has 0 amide bonds. The van der Waals surface area contributed by atoms with Crippen molar-refractivity contribution in [1.82, 2.24) is 5.32 Å². The van der Waals surface area contributed by atoms with Gasteiger partial charge in [-0.25, -0.2) is 0 Å². The largest absolute Gasteiger partial charge is 0.480 e. The minimum atomic E-state index is -0.696. The second-order valence-electron chi connectivity index (χ2n) is 3.34. The highest BCUT2D eigenvalue weighted by atomic mass is 16.4. The van der Waals surface area contributed by atoms with E-state index in [1.54, 1.807) is 0 Å². The molecule has 1 aliphatic rings. The summed E-state index contributed by atoms with van der Waals surface area (Å²) in [7, 11) is 0. The molecule has 1 aliphatic carbocycles. The molecule has 1 rings (SSSR count). The molecule has 2 N–H and O–H groups in total. The molecular weight excluding hydrogens is 142 g/mol. The monoisotopic (exact) mass is 157 g/mol. The van der Waals surface area contributed by atoms with Gasteiger partial charge in [0, 0.05) is 6.04 Å². The van der Waals surface area contributed by atoms with Gasteiger partial charge >= 0.3 is 5.97 Å². The summed E-state index contributed by atoms with van der Waals surface area (Å²) in [6.07, 6.45) is 2.55. The number of hydrogen-bond donors (Lipinski definition) is 2. The minimum Gasteiger partial charge on any atom is -0.480 e. The average Bonchev–Trinajstić information content (AvgIpc) is 2.69. The van der Waals surface area contributed by atoms with Crippen molar-refractivity contribution < 1.29 is 9.90 Å². The normalized spacial score (nSPS) is 22.7. The smallest absolute Gasteiger partial charge is 0.323 e. The Balaban J connectivity index is 2.41. The molecule has 3 nitrogen and oxygen atoms in total. The van der Waals surface area contributed by atoms with Crippen LogP contribution >= 0.6 is 0 Å². The lowest BCUT2D eigenvalue weighted by Gasteiger charge is -2.17. The summed E-state index contributed by atoms with van der Waals surface area (Å²) in [4.78, 5) is 10.7. The first kappa shape index (κ1) is 8.53. The molecule has 1 saturated carbocycles. The highest BCUT2D eigenvalue weighted by molar-refractivity contribution is 5.82. The third kappa shape index (κ3) is 1.71. The molecule has 0 heterocycles. The molecule has 3 heteroatoms. The fourth-order valence-corrected chi connectivity index (χ4v) is 1.12. The molecule has 0 aromatic rings. The van der Waals surface area contributed by atoms with Gasteiger partial charge in [-0.1, -0.05) is 6.92 Å². The van der Waals surface area contributed by atoms with Gasteiger partial charge in [0.1, 0.15) is 5.54 Å². The third-order valence-electron chi connectivity index (χ3n) is 2.29. The van der Waals surface area contributed by atoms with Gasteiger partial charge in [-0.15, -0.1) is 0 Å². The molecule has 0 aliphatic heterocycles. The summed E-state index contributed by atoms with van der Waals surface area (Å²) in [5, 5.41) is 11.9. The second kappa shape index (κ2) is 2.81. The van der Waals surface area contributed by atoms with Crippen LogP contribution in [0.5, 0.6) is 0 Å². The quantitative estimate of drug-likeness (QED) is 0.639. The summed E-state index contributed by atoms with van der Waals surface area (Å²) in [5.41, 5.74) is -0.560. The summed E-state index contributed by atoms with van der Waals surface area (Å²) >= 11 is 0. The van der Waals surface area contributed by atoms with E-state index in [9.17, 15) is 4.79 Å². The van der Waals surface area contributed by atoms with Crippen molar-refractivity contribution in [2.75, 3.05) is 0 Å². The number of hydrogen-bond acceptors (Lipinski definition) is 2. The topological polar surface area (TPSA) is 49.3 Å². The van der Waals surface area contributed by atoms with E-state index in [0.29, 0.717) is 6.04 Å². The standard InChI is InChI=1S/C8H15NO2/c1-3-6(2)9-8(4-5-8)7(10)11/h6,9H,3-5H2,1-2H3,(H,10,11). The zero-order chi connectivity index (χ0) is 8.48. The van der Waals surface area contributed by atoms with Crippen molar-refractivity contribution in [2.24, 2.45) is 0 Å². The van der Waals surface area contributed by atoms with E-state index in [-0.39, 0.29) is 0 Å². The first-order valence-corrected chi connectivity index (χ1v) is 4.12. The van der Waals surface area contributed by atoms with Gasteiger partial charge in [0.05, 0.1) is 0 Å². The average molecular weight is 157 g/mol. The summed E-state index contributed by atoms with van der Waals surface area (Å²) < 4.78 is 0. The highest BCUT2D eigenvalue weighted by Gasteiger charge is 2.50. The van der Waals surface area contributed by atoms with Crippen LogP contribution in [0.4, 0.5) is 0 Å². The molecule has 0 bridgehead atoms. The van der Waals surface area contributed by atoms with Gasteiger partial charge in [-0.3, -0.25) is 10.1 Å². The lowest BCUT2D eigenvalue weighted by Crippen LogP contribution is -2.44. The second-order valence-corrected chi connectivity index (χ2v) is 3.34. The zero-order valence-electron chi connectivity index (χ0n) is 7.05. The van der Waals surface area contributed by atoms with Crippen molar-refractivity contribution in [3.05, 3.63) is 0 Å². The Morgan fingerprint density at radius 3 is 2.55 bits per heavy atom. The van der Waals surface area contributed by atoms with E-state index in [2.05, 4.69) is 12.2 Å². The molecule has 0 aromatic heterocycles. The molecule has 0 spiro atoms. The van der Waals surface area contributed by atoms with Crippen molar-refractivity contribution in [2.45, 2.75) is 44.7 Å². The Bertz CT molecular complexity index is 163. The Labute approximate surface area is 66.8 Å². The molecule has 0 radical (unpaired) electrons. The number of carbonyl (C=O) groups is 1. The van der Waals surface area contributed by atoms with Gasteiger partial charge in [-0.05, 0) is 26.2 Å². The summed E-state index contributed by atoms with van der Waals surface area (Å²) in [6, 6.07) is 0.314. The van der Waals surface area contributed by atoms with E-state index in [4.69, 9.17) is 5.11 Å². The van der Waals surface area contributed by atoms with Crippen LogP contribution in [0.2, 0.25) is 0 Å². The van der Waals surface area contributed by atoms with Crippen LogP contribution in [-0.2, 0) is 4.79 Å². The maximum atomic E-state index is 10.7. The molecule has 1 atom stereocenters. The van der Waals surface area contributed by atoms with E-state index in [0.717, 1.165) is 19.3 Å². The SMILES string of the molecule is CCC(C)NC1(C(=O)O)CC1. The van der Waals surface area contributed by atoms with Gasteiger partial charge in [0.2, 0.25) is 0 Å². The number of nitrogens with one attached hydrogen (secondary N) is 1. The van der Waals surface area contributed by atoms with E-state index >= 15 is 0 Å². The van der Waals surface area contributed by atoms with Crippen molar-refractivity contribution in [3.8, 4) is 0 Å². The predicted molar refractivity (Wildman–Crippen MR) is 42.5 cm³/mol. The highest BCUT2D eigenvalue weighted by Crippen LogP contribution is 2.36.